The molecule has 66 heavy (non-hydrogen) atoms. The lowest BCUT2D eigenvalue weighted by molar-refractivity contribution is -0.136. The van der Waals surface area contributed by atoms with Gasteiger partial charge in [0, 0.05) is 95.4 Å². The highest BCUT2D eigenvalue weighted by atomic mass is 35.5. The number of carbonyl (C=O) groups excluding carboxylic acids is 4. The summed E-state index contributed by atoms with van der Waals surface area (Å²) in [6.07, 6.45) is 7.03. The highest BCUT2D eigenvalue weighted by Gasteiger charge is 2.45. The van der Waals surface area contributed by atoms with Crippen molar-refractivity contribution in [3.63, 3.8) is 0 Å². The third-order valence-electron chi connectivity index (χ3n) is 13.5. The minimum Gasteiger partial charge on any atom is -0.494 e. The van der Waals surface area contributed by atoms with Gasteiger partial charge in [-0.1, -0.05) is 23.7 Å². The third kappa shape index (κ3) is 9.21. The van der Waals surface area contributed by atoms with E-state index in [0.717, 1.165) is 101 Å². The van der Waals surface area contributed by atoms with E-state index in [1.54, 1.807) is 37.4 Å². The Morgan fingerprint density at radius 3 is 2.33 bits per heavy atom. The van der Waals surface area contributed by atoms with Crippen LogP contribution in [0.4, 0.5) is 40.2 Å². The highest BCUT2D eigenvalue weighted by molar-refractivity contribution is 7.92. The first-order valence-electron chi connectivity index (χ1n) is 22.4. The Hall–Kier alpha value is -6.02. The van der Waals surface area contributed by atoms with Crippen LogP contribution in [0, 0.1) is 0 Å². The monoisotopic (exact) mass is 939 g/mol. The number of carbonyl (C=O) groups is 4. The molecule has 1 unspecified atom stereocenters. The van der Waals surface area contributed by atoms with Crippen LogP contribution in [0.5, 0.6) is 5.75 Å². The highest BCUT2D eigenvalue weighted by Crippen LogP contribution is 2.37. The Morgan fingerprint density at radius 2 is 1.59 bits per heavy atom. The number of halogens is 1. The maximum absolute atomic E-state index is 13.5. The number of nitrogens with zero attached hydrogens (tertiary/aromatic N) is 8. The Kier molecular flexibility index (Phi) is 12.8. The zero-order valence-corrected chi connectivity index (χ0v) is 38.8. The lowest BCUT2D eigenvalue weighted by atomic mass is 10.0. The van der Waals surface area contributed by atoms with Crippen molar-refractivity contribution in [3.8, 4) is 5.75 Å². The largest absolute Gasteiger partial charge is 0.494 e. The minimum absolute atomic E-state index is 0.0886. The van der Waals surface area contributed by atoms with E-state index in [0.29, 0.717) is 45.8 Å². The molecule has 4 saturated heterocycles. The smallest absolute Gasteiger partial charge is 0.262 e. The number of amides is 4. The van der Waals surface area contributed by atoms with Gasteiger partial charge < -0.3 is 25.2 Å². The maximum Gasteiger partial charge on any atom is 0.262 e. The number of nitrogens with one attached hydrogen (secondary N) is 3. The van der Waals surface area contributed by atoms with E-state index in [9.17, 15) is 27.6 Å². The summed E-state index contributed by atoms with van der Waals surface area (Å²) in [6.45, 7) is 7.61. The molecule has 0 spiro atoms. The molecule has 0 saturated carbocycles. The van der Waals surface area contributed by atoms with Gasteiger partial charge in [0.05, 0.1) is 47.8 Å². The van der Waals surface area contributed by atoms with Crippen molar-refractivity contribution in [1.82, 2.24) is 30.0 Å². The first-order valence-corrected chi connectivity index (χ1v) is 24.6. The van der Waals surface area contributed by atoms with Crippen molar-refractivity contribution in [2.24, 2.45) is 0 Å². The number of piperidine rings is 2. The molecule has 0 bridgehead atoms. The van der Waals surface area contributed by atoms with Gasteiger partial charge >= 0.3 is 0 Å². The van der Waals surface area contributed by atoms with Gasteiger partial charge in [-0.2, -0.15) is 4.98 Å². The number of rotatable bonds is 13. The summed E-state index contributed by atoms with van der Waals surface area (Å²) < 4.78 is 31.6. The van der Waals surface area contributed by atoms with Gasteiger partial charge in [-0.05, 0) is 74.6 Å². The van der Waals surface area contributed by atoms with Gasteiger partial charge in [-0.25, -0.2) is 13.4 Å². The topological polar surface area (TPSA) is 193 Å². The number of imide groups is 2. The number of aromatic nitrogens is 2. The van der Waals surface area contributed by atoms with Crippen molar-refractivity contribution in [1.29, 1.82) is 0 Å². The molecule has 20 heteroatoms. The number of hydrogen-bond acceptors (Lipinski definition) is 15. The van der Waals surface area contributed by atoms with E-state index in [-0.39, 0.29) is 29.9 Å². The van der Waals surface area contributed by atoms with Crippen LogP contribution in [-0.4, -0.2) is 148 Å². The van der Waals surface area contributed by atoms with Gasteiger partial charge in [0.1, 0.15) is 16.8 Å². The van der Waals surface area contributed by atoms with Crippen LogP contribution in [0.3, 0.4) is 0 Å². The van der Waals surface area contributed by atoms with Crippen molar-refractivity contribution in [2.75, 3.05) is 97.5 Å². The molecule has 6 heterocycles. The Balaban J connectivity index is 0.765. The number of hydrogen-bond donors (Lipinski definition) is 3. The SMILES string of the molecule is COc1cc(N2CCC(N3CCN(C[C@@H]4CCCN4c4ccc5c(c4)C(=O)N(C4CCC(=O)NC4=O)C5=O)CC3)CC2)ccc1Nc1ncc(Cl)c(Nc2ccccc2N(C)S(C)(=O)=O)n1. The molecule has 9 rings (SSSR count). The zero-order chi connectivity index (χ0) is 46.3. The molecule has 1 aromatic heterocycles. The fourth-order valence-electron chi connectivity index (χ4n) is 9.88. The second-order valence-electron chi connectivity index (χ2n) is 17.5. The molecular weight excluding hydrogens is 886 g/mol. The van der Waals surface area contributed by atoms with E-state index in [2.05, 4.69) is 51.6 Å². The summed E-state index contributed by atoms with van der Waals surface area (Å²) in [5, 5.41) is 8.94. The predicted molar refractivity (Wildman–Crippen MR) is 253 cm³/mol. The molecule has 2 atom stereocenters. The van der Waals surface area contributed by atoms with Crippen LogP contribution in [0.1, 0.15) is 59.2 Å². The van der Waals surface area contributed by atoms with Crippen molar-refractivity contribution in [3.05, 3.63) is 83.0 Å². The van der Waals surface area contributed by atoms with Gasteiger partial charge in [-0.15, -0.1) is 0 Å². The van der Waals surface area contributed by atoms with Gasteiger partial charge in [0.25, 0.3) is 11.8 Å². The predicted octanol–water partition coefficient (Wildman–Crippen LogP) is 4.68. The van der Waals surface area contributed by atoms with Crippen LogP contribution in [-0.2, 0) is 19.6 Å². The Morgan fingerprint density at radius 1 is 0.848 bits per heavy atom. The third-order valence-corrected chi connectivity index (χ3v) is 15.0. The number of fused-ring (bicyclic) bond motifs is 1. The fourth-order valence-corrected chi connectivity index (χ4v) is 10.5. The standard InChI is InChI=1S/C46H54ClN11O7S/c1-53(66(3,63)64)38-9-5-4-8-36(38)49-42-35(47)27-48-46(52-42)50-37-13-11-30(26-40(37)65-2)55-19-16-29(17-20-55)56-23-21-54(22-24-56)28-32-7-6-18-57(32)31-10-12-33-34(25-31)45(62)58(44(33)61)39-14-15-41(59)51-43(39)60/h4-5,8-13,25-27,29,32,39H,6-7,14-24,28H2,1-3H3,(H,51,59,60)(H2,48,49,50,52)/t32-,39?/m0/s1. The minimum atomic E-state index is -3.51. The molecule has 5 aliphatic heterocycles. The molecule has 4 amide bonds. The molecule has 0 aliphatic carbocycles. The molecule has 348 valence electrons. The summed E-state index contributed by atoms with van der Waals surface area (Å²) in [7, 11) is -0.397. The average molecular weight is 941 g/mol. The van der Waals surface area contributed by atoms with Gasteiger partial charge in [0.2, 0.25) is 27.8 Å². The number of ether oxygens (including phenoxy) is 1. The molecule has 4 aromatic rings. The molecule has 18 nitrogen and oxygen atoms in total. The summed E-state index contributed by atoms with van der Waals surface area (Å²) in [5.41, 5.74) is 4.23. The summed E-state index contributed by atoms with van der Waals surface area (Å²) in [4.78, 5) is 71.0. The van der Waals surface area contributed by atoms with E-state index in [1.807, 2.05) is 24.3 Å². The second kappa shape index (κ2) is 18.7. The Bertz CT molecular complexity index is 2660. The van der Waals surface area contributed by atoms with Crippen LogP contribution < -0.4 is 34.8 Å². The fraction of sp³-hybridized carbons (Fsp3) is 0.435. The van der Waals surface area contributed by atoms with E-state index in [4.69, 9.17) is 16.3 Å². The lowest BCUT2D eigenvalue weighted by Gasteiger charge is -2.44. The van der Waals surface area contributed by atoms with Crippen LogP contribution >= 0.6 is 11.6 Å². The summed E-state index contributed by atoms with van der Waals surface area (Å²) in [6, 6.07) is 18.3. The van der Waals surface area contributed by atoms with Gasteiger partial charge in [0.15, 0.2) is 5.82 Å². The van der Waals surface area contributed by atoms with Crippen LogP contribution in [0.2, 0.25) is 5.02 Å². The first-order chi connectivity index (χ1) is 31.7. The number of benzene rings is 3. The molecule has 3 N–H and O–H groups in total. The van der Waals surface area contributed by atoms with Crippen molar-refractivity contribution < 1.29 is 32.3 Å². The second-order valence-corrected chi connectivity index (χ2v) is 19.9. The summed E-state index contributed by atoms with van der Waals surface area (Å²) in [5.74, 6) is -0.745. The van der Waals surface area contributed by atoms with E-state index < -0.39 is 39.7 Å². The molecule has 4 fully saturated rings. The average Bonchev–Trinajstić information content (AvgIpc) is 3.88. The van der Waals surface area contributed by atoms with Crippen molar-refractivity contribution in [2.45, 2.75) is 56.7 Å². The maximum atomic E-state index is 13.5. The normalized spacial score (nSPS) is 21.0. The first kappa shape index (κ1) is 45.1. The number of methoxy groups -OCH3 is 1. The molecule has 3 aromatic carbocycles. The molecular formula is C46H54ClN11O7S. The van der Waals surface area contributed by atoms with Crippen molar-refractivity contribution >= 4 is 85.5 Å². The summed E-state index contributed by atoms with van der Waals surface area (Å²) >= 11 is 6.49. The number of anilines is 7. The number of sulfonamides is 1. The zero-order valence-electron chi connectivity index (χ0n) is 37.2. The molecule has 5 aliphatic rings. The molecule has 0 radical (unpaired) electrons. The quantitative estimate of drug-likeness (QED) is 0.157. The lowest BCUT2D eigenvalue weighted by Crippen LogP contribution is -2.55. The Labute approximate surface area is 389 Å². The number of para-hydroxylation sites is 2. The van der Waals surface area contributed by atoms with E-state index in [1.165, 1.54) is 17.5 Å². The van der Waals surface area contributed by atoms with Gasteiger partial charge in [-0.3, -0.25) is 43.5 Å². The van der Waals surface area contributed by atoms with E-state index >= 15 is 0 Å². The van der Waals surface area contributed by atoms with Crippen LogP contribution in [0.25, 0.3) is 0 Å². The van der Waals surface area contributed by atoms with Crippen LogP contribution in [0.15, 0.2) is 66.9 Å². The number of piperazine rings is 1.